The van der Waals surface area contributed by atoms with Crippen molar-refractivity contribution >= 4 is 0 Å². The lowest BCUT2D eigenvalue weighted by Crippen LogP contribution is -2.30. The molecule has 0 spiro atoms. The largest absolute Gasteiger partial charge is 0.384 e. The minimum atomic E-state index is 0.579. The van der Waals surface area contributed by atoms with Crippen LogP contribution in [0.1, 0.15) is 25.0 Å². The summed E-state index contributed by atoms with van der Waals surface area (Å²) in [6.07, 6.45) is 1.12. The van der Waals surface area contributed by atoms with E-state index in [1.165, 1.54) is 11.1 Å². The van der Waals surface area contributed by atoms with Gasteiger partial charge in [0.15, 0.2) is 0 Å². The molecule has 1 N–H and O–H groups in total. The van der Waals surface area contributed by atoms with Gasteiger partial charge in [-0.1, -0.05) is 43.7 Å². The molecule has 102 valence electrons. The maximum absolute atomic E-state index is 5.29. The first kappa shape index (κ1) is 15.2. The van der Waals surface area contributed by atoms with E-state index in [1.54, 1.807) is 7.11 Å². The molecule has 0 saturated carbocycles. The molecular formula is C16H27NO. The summed E-state index contributed by atoms with van der Waals surface area (Å²) in [6.45, 7) is 9.50. The lowest BCUT2D eigenvalue weighted by molar-refractivity contribution is 0.128. The summed E-state index contributed by atoms with van der Waals surface area (Å²) in [5, 5.41) is 3.46. The van der Waals surface area contributed by atoms with Crippen LogP contribution in [0.5, 0.6) is 0 Å². The second-order valence-corrected chi connectivity index (χ2v) is 5.19. The minimum absolute atomic E-state index is 0.579. The highest BCUT2D eigenvalue weighted by molar-refractivity contribution is 5.21. The Morgan fingerprint density at radius 3 is 2.44 bits per heavy atom. The first-order valence-electron chi connectivity index (χ1n) is 6.92. The van der Waals surface area contributed by atoms with Gasteiger partial charge in [-0.2, -0.15) is 0 Å². The van der Waals surface area contributed by atoms with Crippen LogP contribution >= 0.6 is 0 Å². The lowest BCUT2D eigenvalue weighted by atomic mass is 9.88. The number of benzene rings is 1. The van der Waals surface area contributed by atoms with Crippen LogP contribution in [0.4, 0.5) is 0 Å². The maximum Gasteiger partial charge on any atom is 0.0491 e. The SMILES string of the molecule is CCNCC(Cc1ccc(C)cc1)C(C)COC. The molecule has 0 saturated heterocycles. The van der Waals surface area contributed by atoms with Crippen LogP contribution < -0.4 is 5.32 Å². The van der Waals surface area contributed by atoms with Gasteiger partial charge in [-0.15, -0.1) is 0 Å². The quantitative estimate of drug-likeness (QED) is 0.764. The number of hydrogen-bond acceptors (Lipinski definition) is 2. The molecule has 2 unspecified atom stereocenters. The van der Waals surface area contributed by atoms with Crippen molar-refractivity contribution in [2.75, 3.05) is 26.8 Å². The van der Waals surface area contributed by atoms with Gasteiger partial charge in [-0.05, 0) is 43.8 Å². The molecular weight excluding hydrogens is 222 g/mol. The van der Waals surface area contributed by atoms with Gasteiger partial charge in [0.2, 0.25) is 0 Å². The van der Waals surface area contributed by atoms with Crippen molar-refractivity contribution in [3.63, 3.8) is 0 Å². The average molecular weight is 249 g/mol. The number of hydrogen-bond donors (Lipinski definition) is 1. The molecule has 2 heteroatoms. The van der Waals surface area contributed by atoms with Crippen LogP contribution in [0.25, 0.3) is 0 Å². The molecule has 1 aromatic carbocycles. The van der Waals surface area contributed by atoms with Crippen LogP contribution in [-0.2, 0) is 11.2 Å². The predicted molar refractivity (Wildman–Crippen MR) is 78.0 cm³/mol. The van der Waals surface area contributed by atoms with Crippen molar-refractivity contribution < 1.29 is 4.74 Å². The molecule has 0 bridgehead atoms. The number of rotatable bonds is 8. The third-order valence-electron chi connectivity index (χ3n) is 3.51. The molecule has 18 heavy (non-hydrogen) atoms. The predicted octanol–water partition coefficient (Wildman–Crippen LogP) is 3.05. The highest BCUT2D eigenvalue weighted by atomic mass is 16.5. The summed E-state index contributed by atoms with van der Waals surface area (Å²) in [4.78, 5) is 0. The van der Waals surface area contributed by atoms with Gasteiger partial charge in [0.1, 0.15) is 0 Å². The van der Waals surface area contributed by atoms with Gasteiger partial charge in [-0.3, -0.25) is 0 Å². The van der Waals surface area contributed by atoms with E-state index in [-0.39, 0.29) is 0 Å². The molecule has 0 fully saturated rings. The maximum atomic E-state index is 5.29. The Bertz CT molecular complexity index is 320. The Labute approximate surface area is 112 Å². The van der Waals surface area contributed by atoms with E-state index in [0.717, 1.165) is 26.1 Å². The molecule has 0 heterocycles. The third kappa shape index (κ3) is 5.19. The van der Waals surface area contributed by atoms with Crippen molar-refractivity contribution in [3.05, 3.63) is 35.4 Å². The van der Waals surface area contributed by atoms with E-state index in [4.69, 9.17) is 4.74 Å². The smallest absolute Gasteiger partial charge is 0.0491 e. The second-order valence-electron chi connectivity index (χ2n) is 5.19. The molecule has 0 amide bonds. The van der Waals surface area contributed by atoms with E-state index in [1.807, 2.05) is 0 Å². The molecule has 0 aliphatic rings. The zero-order valence-corrected chi connectivity index (χ0v) is 12.2. The Kier molecular flexibility index (Phi) is 6.99. The van der Waals surface area contributed by atoms with Crippen molar-refractivity contribution in [3.8, 4) is 0 Å². The first-order valence-corrected chi connectivity index (χ1v) is 6.92. The second kappa shape index (κ2) is 8.28. The van der Waals surface area contributed by atoms with Crippen LogP contribution in [0, 0.1) is 18.8 Å². The molecule has 0 aliphatic heterocycles. The van der Waals surface area contributed by atoms with Crippen LogP contribution in [0.15, 0.2) is 24.3 Å². The monoisotopic (exact) mass is 249 g/mol. The van der Waals surface area contributed by atoms with Crippen LogP contribution in [0.3, 0.4) is 0 Å². The zero-order chi connectivity index (χ0) is 13.4. The fourth-order valence-electron chi connectivity index (χ4n) is 2.23. The summed E-state index contributed by atoms with van der Waals surface area (Å²) in [6, 6.07) is 8.88. The topological polar surface area (TPSA) is 21.3 Å². The van der Waals surface area contributed by atoms with Crippen molar-refractivity contribution in [2.45, 2.75) is 27.2 Å². The van der Waals surface area contributed by atoms with Gasteiger partial charge in [0.25, 0.3) is 0 Å². The van der Waals surface area contributed by atoms with Crippen LogP contribution in [-0.4, -0.2) is 26.8 Å². The number of nitrogens with one attached hydrogen (secondary N) is 1. The molecule has 0 aromatic heterocycles. The van der Waals surface area contributed by atoms with Gasteiger partial charge in [0.05, 0.1) is 0 Å². The molecule has 2 nitrogen and oxygen atoms in total. The zero-order valence-electron chi connectivity index (χ0n) is 12.2. The van der Waals surface area contributed by atoms with E-state index < -0.39 is 0 Å². The van der Waals surface area contributed by atoms with Gasteiger partial charge < -0.3 is 10.1 Å². The van der Waals surface area contributed by atoms with Crippen molar-refractivity contribution in [2.24, 2.45) is 11.8 Å². The summed E-state index contributed by atoms with van der Waals surface area (Å²) in [7, 11) is 1.78. The number of methoxy groups -OCH3 is 1. The first-order chi connectivity index (χ1) is 8.67. The van der Waals surface area contributed by atoms with E-state index in [9.17, 15) is 0 Å². The summed E-state index contributed by atoms with van der Waals surface area (Å²) in [5.41, 5.74) is 2.75. The fourth-order valence-corrected chi connectivity index (χ4v) is 2.23. The normalized spacial score (nSPS) is 14.4. The fraction of sp³-hybridized carbons (Fsp3) is 0.625. The molecule has 2 atom stereocenters. The Hall–Kier alpha value is -0.860. The number of aryl methyl sites for hydroxylation is 1. The Morgan fingerprint density at radius 1 is 1.22 bits per heavy atom. The highest BCUT2D eigenvalue weighted by Gasteiger charge is 2.17. The molecule has 0 radical (unpaired) electrons. The molecule has 1 rings (SSSR count). The van der Waals surface area contributed by atoms with Crippen molar-refractivity contribution in [1.82, 2.24) is 5.32 Å². The van der Waals surface area contributed by atoms with Crippen LogP contribution in [0.2, 0.25) is 0 Å². The van der Waals surface area contributed by atoms with E-state index in [0.29, 0.717) is 11.8 Å². The van der Waals surface area contributed by atoms with Gasteiger partial charge >= 0.3 is 0 Å². The highest BCUT2D eigenvalue weighted by Crippen LogP contribution is 2.18. The Balaban J connectivity index is 2.61. The van der Waals surface area contributed by atoms with Gasteiger partial charge in [0, 0.05) is 13.7 Å². The summed E-state index contributed by atoms with van der Waals surface area (Å²) < 4.78 is 5.29. The van der Waals surface area contributed by atoms with Crippen molar-refractivity contribution in [1.29, 1.82) is 0 Å². The summed E-state index contributed by atoms with van der Waals surface area (Å²) in [5.74, 6) is 1.21. The standard InChI is InChI=1S/C16H27NO/c1-5-17-11-16(14(3)12-18-4)10-15-8-6-13(2)7-9-15/h6-9,14,16-17H,5,10-12H2,1-4H3. The summed E-state index contributed by atoms with van der Waals surface area (Å²) >= 11 is 0. The lowest BCUT2D eigenvalue weighted by Gasteiger charge is -2.24. The average Bonchev–Trinajstić information content (AvgIpc) is 2.37. The van der Waals surface area contributed by atoms with E-state index >= 15 is 0 Å². The third-order valence-corrected chi connectivity index (χ3v) is 3.51. The Morgan fingerprint density at radius 2 is 1.89 bits per heavy atom. The van der Waals surface area contributed by atoms with Gasteiger partial charge in [-0.25, -0.2) is 0 Å². The van der Waals surface area contributed by atoms with E-state index in [2.05, 4.69) is 50.4 Å². The molecule has 1 aromatic rings. The molecule has 0 aliphatic carbocycles. The number of ether oxygens (including phenoxy) is 1. The minimum Gasteiger partial charge on any atom is -0.384 e.